The van der Waals surface area contributed by atoms with Crippen molar-refractivity contribution in [3.8, 4) is 0 Å². The first-order chi connectivity index (χ1) is 12.8. The summed E-state index contributed by atoms with van der Waals surface area (Å²) in [5, 5.41) is 10.9. The fraction of sp³-hybridized carbons (Fsp3) is 0.316. The van der Waals surface area contributed by atoms with Gasteiger partial charge in [-0.05, 0) is 18.1 Å². The summed E-state index contributed by atoms with van der Waals surface area (Å²) in [6.45, 7) is 3.21. The van der Waals surface area contributed by atoms with E-state index in [1.165, 1.54) is 0 Å². The Hall–Kier alpha value is -2.35. The molecule has 2 N–H and O–H groups in total. The van der Waals surface area contributed by atoms with E-state index in [0.717, 1.165) is 43.9 Å². The maximum Gasteiger partial charge on any atom is 0.272 e. The summed E-state index contributed by atoms with van der Waals surface area (Å²) < 4.78 is 3.93. The minimum Gasteiger partial charge on any atom is -0.344 e. The predicted octanol–water partition coefficient (Wildman–Crippen LogP) is 2.59. The van der Waals surface area contributed by atoms with Crippen LogP contribution in [0.15, 0.2) is 55.1 Å². The van der Waals surface area contributed by atoms with Crippen molar-refractivity contribution in [2.24, 2.45) is 0 Å². The molecule has 0 bridgehead atoms. The van der Waals surface area contributed by atoms with Crippen LogP contribution in [-0.2, 0) is 19.6 Å². The molecule has 3 aromatic rings. The summed E-state index contributed by atoms with van der Waals surface area (Å²) in [6, 6.07) is 11.8. The number of nitrogens with zero attached hydrogens (tertiary/aromatic N) is 4. The van der Waals surface area contributed by atoms with Gasteiger partial charge in [0.15, 0.2) is 5.69 Å². The van der Waals surface area contributed by atoms with Crippen molar-refractivity contribution in [2.45, 2.75) is 32.1 Å². The second kappa shape index (κ2) is 10.3. The first-order valence-electron chi connectivity index (χ1n) is 8.88. The van der Waals surface area contributed by atoms with Gasteiger partial charge in [-0.25, -0.2) is 4.98 Å². The Bertz CT molecular complexity index is 842. The third-order valence-electron chi connectivity index (χ3n) is 4.64. The van der Waals surface area contributed by atoms with Crippen molar-refractivity contribution in [3.05, 3.63) is 72.1 Å². The van der Waals surface area contributed by atoms with Gasteiger partial charge >= 0.3 is 0 Å². The lowest BCUT2D eigenvalue weighted by atomic mass is 10.0. The first-order valence-corrected chi connectivity index (χ1v) is 8.88. The Morgan fingerprint density at radius 3 is 2.79 bits per heavy atom. The lowest BCUT2D eigenvalue weighted by Gasteiger charge is -2.19. The number of aromatic nitrogens is 4. The van der Waals surface area contributed by atoms with Gasteiger partial charge in [0.2, 0.25) is 0 Å². The van der Waals surface area contributed by atoms with Gasteiger partial charge in [-0.2, -0.15) is 5.10 Å². The molecule has 1 aliphatic rings. The molecule has 150 valence electrons. The van der Waals surface area contributed by atoms with E-state index in [9.17, 15) is 4.79 Å². The van der Waals surface area contributed by atoms with Crippen LogP contribution in [0.5, 0.6) is 0 Å². The van der Waals surface area contributed by atoms with Crippen LogP contribution in [-0.4, -0.2) is 31.8 Å². The van der Waals surface area contributed by atoms with E-state index in [0.29, 0.717) is 5.69 Å². The monoisotopic (exact) mass is 422 g/mol. The molecule has 1 aliphatic heterocycles. The minimum absolute atomic E-state index is 0. The average molecular weight is 423 g/mol. The first kappa shape index (κ1) is 21.9. The third-order valence-corrected chi connectivity index (χ3v) is 4.64. The van der Waals surface area contributed by atoms with E-state index < -0.39 is 0 Å². The van der Waals surface area contributed by atoms with Crippen LogP contribution in [0, 0.1) is 0 Å². The number of hydrogen-bond acceptors (Lipinski definition) is 4. The fourth-order valence-corrected chi connectivity index (χ4v) is 3.24. The zero-order chi connectivity index (χ0) is 17.8. The lowest BCUT2D eigenvalue weighted by Crippen LogP contribution is -2.30. The van der Waals surface area contributed by atoms with E-state index in [4.69, 9.17) is 0 Å². The molecule has 9 heteroatoms. The summed E-state index contributed by atoms with van der Waals surface area (Å²) >= 11 is 0. The molecule has 1 atom stereocenters. The highest BCUT2D eigenvalue weighted by molar-refractivity contribution is 5.92. The van der Waals surface area contributed by atoms with Gasteiger partial charge < -0.3 is 15.2 Å². The molecular formula is C19H24Cl2N6O. The number of rotatable bonds is 6. The highest BCUT2D eigenvalue weighted by atomic mass is 35.5. The number of imidazole rings is 1. The number of aryl methyl sites for hydroxylation is 1. The molecule has 0 fully saturated rings. The van der Waals surface area contributed by atoms with Gasteiger partial charge in [-0.3, -0.25) is 9.48 Å². The number of fused-ring (bicyclic) bond motifs is 1. The van der Waals surface area contributed by atoms with Crippen molar-refractivity contribution in [1.82, 2.24) is 30.0 Å². The number of carbonyl (C=O) groups excluding carboxylic acids is 1. The molecule has 0 spiro atoms. The summed E-state index contributed by atoms with van der Waals surface area (Å²) in [4.78, 5) is 16.9. The van der Waals surface area contributed by atoms with Crippen molar-refractivity contribution in [2.75, 3.05) is 6.54 Å². The molecule has 0 radical (unpaired) electrons. The van der Waals surface area contributed by atoms with Crippen molar-refractivity contribution in [3.63, 3.8) is 0 Å². The van der Waals surface area contributed by atoms with Crippen LogP contribution in [0.1, 0.15) is 34.2 Å². The normalized spacial score (nSPS) is 13.6. The number of halogens is 2. The summed E-state index contributed by atoms with van der Waals surface area (Å²) in [5.41, 5.74) is 2.62. The number of hydrogen-bond donors (Lipinski definition) is 2. The molecule has 1 aromatic carbocycles. The largest absolute Gasteiger partial charge is 0.344 e. The molecule has 28 heavy (non-hydrogen) atoms. The van der Waals surface area contributed by atoms with Crippen LogP contribution in [0.25, 0.3) is 0 Å². The number of carbonyl (C=O) groups is 1. The van der Waals surface area contributed by atoms with Gasteiger partial charge in [0.1, 0.15) is 0 Å². The van der Waals surface area contributed by atoms with Gasteiger partial charge in [-0.15, -0.1) is 24.8 Å². The molecule has 0 saturated heterocycles. The second-order valence-electron chi connectivity index (χ2n) is 6.45. The lowest BCUT2D eigenvalue weighted by molar-refractivity contribution is 0.0927. The Morgan fingerprint density at radius 2 is 2.07 bits per heavy atom. The molecular weight excluding hydrogens is 399 g/mol. The van der Waals surface area contributed by atoms with E-state index in [-0.39, 0.29) is 36.8 Å². The maximum absolute atomic E-state index is 12.8. The summed E-state index contributed by atoms with van der Waals surface area (Å²) in [5.74, 6) is -0.133. The Kier molecular flexibility index (Phi) is 8.04. The van der Waals surface area contributed by atoms with Crippen LogP contribution in [0.3, 0.4) is 0 Å². The SMILES string of the molecule is Cl.Cl.O=C(NC(CCn1ccnc1)c1ccccc1)c1cc2n(n1)CCNC2. The summed E-state index contributed by atoms with van der Waals surface area (Å²) in [7, 11) is 0. The van der Waals surface area contributed by atoms with Crippen molar-refractivity contribution < 1.29 is 4.79 Å². The van der Waals surface area contributed by atoms with E-state index in [1.54, 1.807) is 12.5 Å². The van der Waals surface area contributed by atoms with Crippen LogP contribution in [0.4, 0.5) is 0 Å². The molecule has 4 rings (SSSR count). The standard InChI is InChI=1S/C19H22N6O.2ClH/c26-19(18-12-16-13-20-8-11-25(16)23-18)22-17(15-4-2-1-3-5-15)6-9-24-10-7-21-14-24;;/h1-5,7,10,12,14,17,20H,6,8-9,11,13H2,(H,22,26);2*1H. The van der Waals surface area contributed by atoms with Crippen LogP contribution in [0.2, 0.25) is 0 Å². The highest BCUT2D eigenvalue weighted by Gasteiger charge is 2.20. The van der Waals surface area contributed by atoms with Crippen LogP contribution >= 0.6 is 24.8 Å². The van der Waals surface area contributed by atoms with Crippen LogP contribution < -0.4 is 10.6 Å². The zero-order valence-electron chi connectivity index (χ0n) is 15.3. The number of nitrogens with one attached hydrogen (secondary N) is 2. The van der Waals surface area contributed by atoms with Gasteiger partial charge in [0.25, 0.3) is 5.91 Å². The van der Waals surface area contributed by atoms with Gasteiger partial charge in [-0.1, -0.05) is 30.3 Å². The van der Waals surface area contributed by atoms with Crippen molar-refractivity contribution >= 4 is 30.7 Å². The van der Waals surface area contributed by atoms with Crippen molar-refractivity contribution in [1.29, 1.82) is 0 Å². The fourth-order valence-electron chi connectivity index (χ4n) is 3.24. The zero-order valence-corrected chi connectivity index (χ0v) is 17.0. The Labute approximate surface area is 176 Å². The van der Waals surface area contributed by atoms with Gasteiger partial charge in [0, 0.05) is 32.0 Å². The molecule has 1 amide bonds. The Balaban J connectivity index is 0.00000140. The average Bonchev–Trinajstić information content (AvgIpc) is 3.35. The number of amides is 1. The molecule has 3 heterocycles. The molecule has 1 unspecified atom stereocenters. The molecule has 7 nitrogen and oxygen atoms in total. The summed E-state index contributed by atoms with van der Waals surface area (Å²) in [6.07, 6.45) is 6.27. The van der Waals surface area contributed by atoms with E-state index in [2.05, 4.69) is 20.7 Å². The molecule has 2 aromatic heterocycles. The molecule has 0 aliphatic carbocycles. The quantitative estimate of drug-likeness (QED) is 0.639. The predicted molar refractivity (Wildman–Crippen MR) is 112 cm³/mol. The smallest absolute Gasteiger partial charge is 0.272 e. The van der Waals surface area contributed by atoms with Gasteiger partial charge in [0.05, 0.1) is 24.6 Å². The molecule has 0 saturated carbocycles. The maximum atomic E-state index is 12.8. The van der Waals surface area contributed by atoms with E-state index >= 15 is 0 Å². The number of benzene rings is 1. The minimum atomic E-state index is -0.133. The second-order valence-corrected chi connectivity index (χ2v) is 6.45. The van der Waals surface area contributed by atoms with E-state index in [1.807, 2.05) is 51.8 Å². The third kappa shape index (κ3) is 5.13. The Morgan fingerprint density at radius 1 is 1.25 bits per heavy atom. The highest BCUT2D eigenvalue weighted by Crippen LogP contribution is 2.19. The topological polar surface area (TPSA) is 76.8 Å².